The molecule has 13 heteroatoms. The predicted molar refractivity (Wildman–Crippen MR) is 152 cm³/mol. The maximum Gasteiger partial charge on any atom is 0.420 e. The second-order valence-corrected chi connectivity index (χ2v) is 10.9. The van der Waals surface area contributed by atoms with Crippen LogP contribution in [0.4, 0.5) is 30.5 Å². The molecule has 2 aromatic carbocycles. The van der Waals surface area contributed by atoms with E-state index >= 15 is 0 Å². The molecule has 0 amide bonds. The number of carbonyl (C=O) groups is 1. The summed E-state index contributed by atoms with van der Waals surface area (Å²) in [6, 6.07) is 11.0. The van der Waals surface area contributed by atoms with E-state index in [0.717, 1.165) is 19.2 Å². The summed E-state index contributed by atoms with van der Waals surface area (Å²) in [4.78, 5) is 23.6. The van der Waals surface area contributed by atoms with Crippen molar-refractivity contribution in [2.24, 2.45) is 0 Å². The summed E-state index contributed by atoms with van der Waals surface area (Å²) in [5, 5.41) is 22.9. The molecule has 42 heavy (non-hydrogen) atoms. The molecule has 9 nitrogen and oxygen atoms in total. The van der Waals surface area contributed by atoms with Crippen LogP contribution >= 0.6 is 0 Å². The monoisotopic (exact) mass is 577 g/mol. The second kappa shape index (κ2) is 11.6. The second-order valence-electron chi connectivity index (χ2n) is 10.9. The molecule has 2 aliphatic rings. The van der Waals surface area contributed by atoms with Crippen LogP contribution in [-0.4, -0.2) is 73.0 Å². The minimum Gasteiger partial charge on any atom is -0.490 e. The van der Waals surface area contributed by atoms with E-state index in [0.29, 0.717) is 53.6 Å². The highest BCUT2D eigenvalue weighted by Gasteiger charge is 2.40. The van der Waals surface area contributed by atoms with Crippen LogP contribution in [0.5, 0.6) is 5.75 Å². The summed E-state index contributed by atoms with van der Waals surface area (Å²) < 4.78 is 47.8. The van der Waals surface area contributed by atoms with Crippen molar-refractivity contribution >= 4 is 30.9 Å². The van der Waals surface area contributed by atoms with Gasteiger partial charge in [0.25, 0.3) is 0 Å². The summed E-state index contributed by atoms with van der Waals surface area (Å²) in [6.45, 7) is 3.45. The van der Waals surface area contributed by atoms with Crippen LogP contribution in [0.15, 0.2) is 42.6 Å². The molecule has 1 radical (unpaired) electrons. The third kappa shape index (κ3) is 5.91. The van der Waals surface area contributed by atoms with Gasteiger partial charge in [0.15, 0.2) is 0 Å². The Balaban J connectivity index is 1.44. The van der Waals surface area contributed by atoms with Crippen molar-refractivity contribution in [3.8, 4) is 23.1 Å². The fourth-order valence-corrected chi connectivity index (χ4v) is 5.44. The predicted octanol–water partition coefficient (Wildman–Crippen LogP) is 4.13. The quantitative estimate of drug-likeness (QED) is 0.301. The van der Waals surface area contributed by atoms with E-state index in [1.165, 1.54) is 25.7 Å². The zero-order chi connectivity index (χ0) is 30.1. The van der Waals surface area contributed by atoms with Gasteiger partial charge in [-0.05, 0) is 61.9 Å². The number of aromatic nitrogens is 2. The number of carbonyl (C=O) groups excluding carboxylic acids is 1. The van der Waals surface area contributed by atoms with Crippen molar-refractivity contribution in [2.75, 3.05) is 43.4 Å². The molecular formula is C29H29BF3N6O3. The Morgan fingerprint density at radius 1 is 1.26 bits per heavy atom. The van der Waals surface area contributed by atoms with Gasteiger partial charge in [-0.25, -0.2) is 9.97 Å². The Morgan fingerprint density at radius 3 is 2.69 bits per heavy atom. The van der Waals surface area contributed by atoms with Crippen molar-refractivity contribution in [2.45, 2.75) is 37.5 Å². The molecule has 0 spiro atoms. The standard InChI is InChI=1S/C29H29BF3N6O3/c1-28(16-40)15-39(30-17-41)26-19(14-34)11-18(12-23(26)28)24-5-8-35-27(37-24)36-20-3-4-25(22(13-20)29(31,32)33)42-21-6-9-38(2)10-7-21/h3-5,8,11-13,17,21,40H,6-7,9-10,15-16H2,1-2H3,(H,35,36,37). The topological polar surface area (TPSA) is 115 Å². The van der Waals surface area contributed by atoms with Gasteiger partial charge in [-0.15, -0.1) is 0 Å². The van der Waals surface area contributed by atoms with Gasteiger partial charge in [0.1, 0.15) is 24.1 Å². The Labute approximate surface area is 242 Å². The first-order valence-corrected chi connectivity index (χ1v) is 13.5. The van der Waals surface area contributed by atoms with Gasteiger partial charge < -0.3 is 29.7 Å². The van der Waals surface area contributed by atoms with E-state index in [-0.39, 0.29) is 30.1 Å². The fourth-order valence-electron chi connectivity index (χ4n) is 5.44. The molecule has 1 unspecified atom stereocenters. The van der Waals surface area contributed by atoms with Gasteiger partial charge >= 0.3 is 13.6 Å². The smallest absolute Gasteiger partial charge is 0.420 e. The molecule has 1 atom stereocenters. The molecule has 0 saturated carbocycles. The first-order chi connectivity index (χ1) is 20.0. The number of anilines is 3. The van der Waals surface area contributed by atoms with E-state index in [9.17, 15) is 28.3 Å². The molecule has 0 aliphatic carbocycles. The van der Waals surface area contributed by atoms with Crippen molar-refractivity contribution < 1.29 is 27.8 Å². The van der Waals surface area contributed by atoms with Gasteiger partial charge in [-0.1, -0.05) is 6.92 Å². The minimum absolute atomic E-state index is 0.0597. The van der Waals surface area contributed by atoms with Crippen LogP contribution in [0.3, 0.4) is 0 Å². The van der Waals surface area contributed by atoms with Gasteiger partial charge in [0, 0.05) is 48.2 Å². The van der Waals surface area contributed by atoms with E-state index in [1.54, 1.807) is 23.0 Å². The average molecular weight is 577 g/mol. The molecule has 0 bridgehead atoms. The van der Waals surface area contributed by atoms with Crippen LogP contribution in [0.2, 0.25) is 0 Å². The lowest BCUT2D eigenvalue weighted by Gasteiger charge is -2.30. The van der Waals surface area contributed by atoms with Crippen molar-refractivity contribution in [3.63, 3.8) is 0 Å². The summed E-state index contributed by atoms with van der Waals surface area (Å²) >= 11 is 0. The maximum atomic E-state index is 14.0. The van der Waals surface area contributed by atoms with Crippen molar-refractivity contribution in [1.82, 2.24) is 14.9 Å². The molecule has 1 saturated heterocycles. The van der Waals surface area contributed by atoms with E-state index in [2.05, 4.69) is 26.3 Å². The molecule has 2 N–H and O–H groups in total. The van der Waals surface area contributed by atoms with Crippen molar-refractivity contribution in [3.05, 3.63) is 59.3 Å². The lowest BCUT2D eigenvalue weighted by molar-refractivity contribution is -0.139. The molecule has 217 valence electrons. The lowest BCUT2D eigenvalue weighted by atomic mass is 9.83. The third-order valence-electron chi connectivity index (χ3n) is 7.73. The fraction of sp³-hybridized carbons (Fsp3) is 0.379. The number of ether oxygens (including phenoxy) is 1. The number of likely N-dealkylation sites (tertiary alicyclic amines) is 1. The van der Waals surface area contributed by atoms with Crippen LogP contribution in [-0.2, 0) is 16.4 Å². The van der Waals surface area contributed by atoms with Crippen LogP contribution < -0.4 is 14.9 Å². The number of hydrogen-bond acceptors (Lipinski definition) is 9. The molecule has 2 aliphatic heterocycles. The number of rotatable bonds is 8. The molecular weight excluding hydrogens is 548 g/mol. The third-order valence-corrected chi connectivity index (χ3v) is 7.73. The number of nitrogens with one attached hydrogen (secondary N) is 1. The number of aliphatic hydroxyl groups excluding tert-OH is 1. The molecule has 1 aromatic heterocycles. The SMILES string of the molecule is CN1CCC(Oc2ccc(Nc3nccc(-c4cc(C#N)c5c(c4)C(C)(CO)CN5[B]C=O)n3)cc2C(F)(F)F)CC1. The molecule has 3 heterocycles. The number of halogens is 3. The number of nitriles is 1. The van der Waals surface area contributed by atoms with E-state index in [4.69, 9.17) is 4.74 Å². The van der Waals surface area contributed by atoms with E-state index < -0.39 is 17.2 Å². The number of piperidine rings is 1. The normalized spacial score (nSPS) is 19.2. The zero-order valence-electron chi connectivity index (χ0n) is 23.1. The Hall–Kier alpha value is -4.15. The summed E-state index contributed by atoms with van der Waals surface area (Å²) in [5.74, 6) is -0.156. The maximum absolute atomic E-state index is 14.0. The molecule has 1 fully saturated rings. The van der Waals surface area contributed by atoms with E-state index in [1.807, 2.05) is 14.0 Å². The van der Waals surface area contributed by atoms with Crippen molar-refractivity contribution in [1.29, 1.82) is 5.26 Å². The van der Waals surface area contributed by atoms with Gasteiger partial charge in [0.05, 0.1) is 23.4 Å². The van der Waals surface area contributed by atoms with Crippen LogP contribution in [0.25, 0.3) is 11.3 Å². The number of alkyl halides is 3. The first-order valence-electron chi connectivity index (χ1n) is 13.5. The number of hydrogen-bond donors (Lipinski definition) is 2. The number of benzene rings is 2. The lowest BCUT2D eigenvalue weighted by Crippen LogP contribution is -2.36. The summed E-state index contributed by atoms with van der Waals surface area (Å²) in [5.41, 5.74) is 0.996. The number of nitrogens with zero attached hydrogens (tertiary/aromatic N) is 5. The molecule has 5 rings (SSSR count). The Morgan fingerprint density at radius 2 is 2.02 bits per heavy atom. The minimum atomic E-state index is -4.63. The highest BCUT2D eigenvalue weighted by Crippen LogP contribution is 2.44. The number of aliphatic hydroxyl groups is 1. The largest absolute Gasteiger partial charge is 0.490 e. The van der Waals surface area contributed by atoms with Gasteiger partial charge in [0.2, 0.25) is 5.95 Å². The molecule has 3 aromatic rings. The van der Waals surface area contributed by atoms with Crippen LogP contribution in [0, 0.1) is 11.3 Å². The van der Waals surface area contributed by atoms with Gasteiger partial charge in [-0.2, -0.15) is 18.4 Å². The average Bonchev–Trinajstić information content (AvgIpc) is 3.26. The first kappa shape index (κ1) is 29.4. The summed E-state index contributed by atoms with van der Waals surface area (Å²) in [6.07, 6.45) is -1.53. The highest BCUT2D eigenvalue weighted by molar-refractivity contribution is 6.70. The zero-order valence-corrected chi connectivity index (χ0v) is 23.1. The van der Waals surface area contributed by atoms with Gasteiger partial charge in [-0.3, -0.25) is 0 Å². The number of fused-ring (bicyclic) bond motifs is 1. The Bertz CT molecular complexity index is 1520. The van der Waals surface area contributed by atoms with Crippen LogP contribution in [0.1, 0.15) is 36.5 Å². The highest BCUT2D eigenvalue weighted by atomic mass is 19.4. The summed E-state index contributed by atoms with van der Waals surface area (Å²) in [7, 11) is 3.29. The Kier molecular flexibility index (Phi) is 8.12.